The van der Waals surface area contributed by atoms with Gasteiger partial charge in [0.2, 0.25) is 0 Å². The number of ether oxygens (including phenoxy) is 2. The molecule has 2 aliphatic heterocycles. The Hall–Kier alpha value is -3.01. The van der Waals surface area contributed by atoms with Crippen molar-refractivity contribution in [1.29, 1.82) is 0 Å². The van der Waals surface area contributed by atoms with Crippen LogP contribution in [0.5, 0.6) is 17.2 Å². The molecule has 0 fully saturated rings. The number of aromatic hydroxyl groups is 1. The summed E-state index contributed by atoms with van der Waals surface area (Å²) < 4.78 is 12.3. The van der Waals surface area contributed by atoms with E-state index in [0.717, 1.165) is 22.4 Å². The standard InChI is InChI=1S/C25H26O4/c1-15(2)5-7-18-20(26)9-8-19-21(27)14-23(28-24(18)19)16-6-10-22-17(13-16)11-12-25(3,4)29-22/h5-6,8-13,23,26H,7,14H2,1-4H3/t23-/m0/s1. The molecule has 0 saturated carbocycles. The predicted octanol–water partition coefficient (Wildman–Crippen LogP) is 5.79. The van der Waals surface area contributed by atoms with E-state index in [1.54, 1.807) is 12.1 Å². The number of hydrogen-bond acceptors (Lipinski definition) is 4. The molecule has 4 nitrogen and oxygen atoms in total. The van der Waals surface area contributed by atoms with Crippen LogP contribution in [0, 0.1) is 0 Å². The maximum atomic E-state index is 12.8. The van der Waals surface area contributed by atoms with Crippen LogP contribution in [0.25, 0.3) is 6.08 Å². The number of rotatable bonds is 3. The number of phenolic OH excluding ortho intramolecular Hbond substituents is 1. The van der Waals surface area contributed by atoms with Gasteiger partial charge in [-0.15, -0.1) is 0 Å². The maximum Gasteiger partial charge on any atom is 0.170 e. The van der Waals surface area contributed by atoms with Crippen molar-refractivity contribution >= 4 is 11.9 Å². The summed E-state index contributed by atoms with van der Waals surface area (Å²) >= 11 is 0. The van der Waals surface area contributed by atoms with Crippen molar-refractivity contribution in [3.63, 3.8) is 0 Å². The lowest BCUT2D eigenvalue weighted by Gasteiger charge is -2.30. The average molecular weight is 390 g/mol. The van der Waals surface area contributed by atoms with Gasteiger partial charge in [0.15, 0.2) is 5.78 Å². The number of carbonyl (C=O) groups is 1. The monoisotopic (exact) mass is 390 g/mol. The number of carbonyl (C=O) groups excluding carboxylic acids is 1. The first-order valence-electron chi connectivity index (χ1n) is 9.94. The molecule has 0 bridgehead atoms. The third-order valence-electron chi connectivity index (χ3n) is 5.32. The summed E-state index contributed by atoms with van der Waals surface area (Å²) in [6.45, 7) is 8.04. The van der Waals surface area contributed by atoms with Gasteiger partial charge >= 0.3 is 0 Å². The van der Waals surface area contributed by atoms with Crippen LogP contribution < -0.4 is 9.47 Å². The topological polar surface area (TPSA) is 55.8 Å². The fourth-order valence-corrected chi connectivity index (χ4v) is 3.72. The lowest BCUT2D eigenvalue weighted by molar-refractivity contribution is 0.0847. The van der Waals surface area contributed by atoms with E-state index in [-0.39, 0.29) is 23.6 Å². The van der Waals surface area contributed by atoms with E-state index in [1.807, 2.05) is 64.1 Å². The van der Waals surface area contributed by atoms with Gasteiger partial charge in [0.05, 0.1) is 12.0 Å². The number of phenols is 1. The van der Waals surface area contributed by atoms with Crippen molar-refractivity contribution < 1.29 is 19.4 Å². The highest BCUT2D eigenvalue weighted by molar-refractivity contribution is 6.00. The van der Waals surface area contributed by atoms with Crippen molar-refractivity contribution in [3.05, 3.63) is 70.3 Å². The van der Waals surface area contributed by atoms with Gasteiger partial charge in [0, 0.05) is 11.1 Å². The fraction of sp³-hybridized carbons (Fsp3) is 0.320. The molecule has 2 aliphatic rings. The molecule has 0 unspecified atom stereocenters. The van der Waals surface area contributed by atoms with Gasteiger partial charge in [-0.2, -0.15) is 0 Å². The highest BCUT2D eigenvalue weighted by atomic mass is 16.5. The molecule has 0 aromatic heterocycles. The number of Topliss-reactive ketones (excluding diaryl/α,β-unsaturated/α-hetero) is 1. The van der Waals surface area contributed by atoms with Crippen LogP contribution in [-0.2, 0) is 6.42 Å². The van der Waals surface area contributed by atoms with Crippen LogP contribution >= 0.6 is 0 Å². The molecule has 0 spiro atoms. The molecule has 0 saturated heterocycles. The van der Waals surface area contributed by atoms with Gasteiger partial charge in [-0.3, -0.25) is 4.79 Å². The summed E-state index contributed by atoms with van der Waals surface area (Å²) in [5.74, 6) is 1.50. The smallest absolute Gasteiger partial charge is 0.170 e. The summed E-state index contributed by atoms with van der Waals surface area (Å²) in [4.78, 5) is 12.8. The number of allylic oxidation sites excluding steroid dienone is 2. The van der Waals surface area contributed by atoms with Crippen molar-refractivity contribution in [2.75, 3.05) is 0 Å². The Bertz CT molecular complexity index is 1040. The summed E-state index contributed by atoms with van der Waals surface area (Å²) in [6.07, 6.45) is 6.50. The lowest BCUT2D eigenvalue weighted by Crippen LogP contribution is -2.27. The first kappa shape index (κ1) is 19.3. The summed E-state index contributed by atoms with van der Waals surface area (Å²) in [6, 6.07) is 9.14. The zero-order chi connectivity index (χ0) is 20.8. The normalized spacial score (nSPS) is 18.9. The molecule has 1 N–H and O–H groups in total. The molecular weight excluding hydrogens is 364 g/mol. The van der Waals surface area contributed by atoms with Crippen molar-refractivity contribution in [2.45, 2.75) is 52.2 Å². The minimum Gasteiger partial charge on any atom is -0.508 e. The van der Waals surface area contributed by atoms with E-state index in [2.05, 4.69) is 0 Å². The first-order chi connectivity index (χ1) is 13.7. The molecule has 0 radical (unpaired) electrons. The lowest BCUT2D eigenvalue weighted by atomic mass is 9.92. The van der Waals surface area contributed by atoms with E-state index < -0.39 is 6.10 Å². The SMILES string of the molecule is CC(C)=CCc1c(O)ccc2c1O[C@H](c1ccc3c(c1)C=CC(C)(C)O3)CC2=O. The fourth-order valence-electron chi connectivity index (χ4n) is 3.72. The van der Waals surface area contributed by atoms with Gasteiger partial charge in [-0.1, -0.05) is 23.8 Å². The van der Waals surface area contributed by atoms with Gasteiger partial charge < -0.3 is 14.6 Å². The maximum absolute atomic E-state index is 12.8. The zero-order valence-electron chi connectivity index (χ0n) is 17.3. The third-order valence-corrected chi connectivity index (χ3v) is 5.32. The van der Waals surface area contributed by atoms with Crippen molar-refractivity contribution in [3.8, 4) is 17.2 Å². The molecule has 2 aromatic rings. The second kappa shape index (κ2) is 7.11. The second-order valence-electron chi connectivity index (χ2n) is 8.50. The Kier molecular flexibility index (Phi) is 4.73. The van der Waals surface area contributed by atoms with Crippen LogP contribution in [0.3, 0.4) is 0 Å². The third kappa shape index (κ3) is 3.80. The molecule has 4 rings (SSSR count). The van der Waals surface area contributed by atoms with E-state index in [9.17, 15) is 9.90 Å². The quantitative estimate of drug-likeness (QED) is 0.674. The second-order valence-corrected chi connectivity index (χ2v) is 8.50. The van der Waals surface area contributed by atoms with Gasteiger partial charge in [-0.25, -0.2) is 0 Å². The molecular formula is C25H26O4. The van der Waals surface area contributed by atoms with Gasteiger partial charge in [-0.05, 0) is 70.0 Å². The molecule has 150 valence electrons. The highest BCUT2D eigenvalue weighted by Gasteiger charge is 2.31. The average Bonchev–Trinajstić information content (AvgIpc) is 2.65. The van der Waals surface area contributed by atoms with E-state index in [1.165, 1.54) is 0 Å². The molecule has 2 aromatic carbocycles. The van der Waals surface area contributed by atoms with Crippen LogP contribution in [-0.4, -0.2) is 16.5 Å². The van der Waals surface area contributed by atoms with Crippen LogP contribution in [0.1, 0.15) is 67.3 Å². The van der Waals surface area contributed by atoms with E-state index in [4.69, 9.17) is 9.47 Å². The number of ketones is 1. The van der Waals surface area contributed by atoms with Gasteiger partial charge in [0.1, 0.15) is 29.0 Å². The Labute approximate surface area is 171 Å². The Morgan fingerprint density at radius 2 is 2.03 bits per heavy atom. The summed E-state index contributed by atoms with van der Waals surface area (Å²) in [5, 5.41) is 10.4. The molecule has 1 atom stereocenters. The van der Waals surface area contributed by atoms with E-state index in [0.29, 0.717) is 23.3 Å². The molecule has 0 aliphatic carbocycles. The minimum atomic E-state index is -0.393. The molecule has 2 heterocycles. The summed E-state index contributed by atoms with van der Waals surface area (Å²) in [5.41, 5.74) is 3.91. The van der Waals surface area contributed by atoms with Crippen LogP contribution in [0.15, 0.2) is 48.1 Å². The first-order valence-corrected chi connectivity index (χ1v) is 9.94. The molecule has 0 amide bonds. The Balaban J connectivity index is 1.70. The Morgan fingerprint density at radius 1 is 1.24 bits per heavy atom. The molecule has 29 heavy (non-hydrogen) atoms. The van der Waals surface area contributed by atoms with E-state index >= 15 is 0 Å². The number of benzene rings is 2. The Morgan fingerprint density at radius 3 is 2.79 bits per heavy atom. The van der Waals surface area contributed by atoms with Gasteiger partial charge in [0.25, 0.3) is 0 Å². The molecule has 4 heteroatoms. The van der Waals surface area contributed by atoms with Crippen molar-refractivity contribution in [1.82, 2.24) is 0 Å². The van der Waals surface area contributed by atoms with Crippen molar-refractivity contribution in [2.24, 2.45) is 0 Å². The minimum absolute atomic E-state index is 0.0281. The van der Waals surface area contributed by atoms with Crippen LogP contribution in [0.2, 0.25) is 0 Å². The predicted molar refractivity (Wildman–Crippen MR) is 114 cm³/mol. The number of hydrogen-bond donors (Lipinski definition) is 1. The largest absolute Gasteiger partial charge is 0.508 e. The zero-order valence-corrected chi connectivity index (χ0v) is 17.3. The van der Waals surface area contributed by atoms with Crippen LogP contribution in [0.4, 0.5) is 0 Å². The number of fused-ring (bicyclic) bond motifs is 2. The summed E-state index contributed by atoms with van der Waals surface area (Å²) in [7, 11) is 0. The highest BCUT2D eigenvalue weighted by Crippen LogP contribution is 2.42.